The maximum atomic E-state index is 11.8. The number of alkyl halides is 1. The monoisotopic (exact) mass is 353 g/mol. The van der Waals surface area contributed by atoms with Crippen molar-refractivity contribution in [1.82, 2.24) is 15.5 Å². The molecule has 21 heavy (non-hydrogen) atoms. The van der Waals surface area contributed by atoms with Crippen molar-refractivity contribution in [3.8, 4) is 0 Å². The number of fused-ring (bicyclic) bond motifs is 3. The van der Waals surface area contributed by atoms with Gasteiger partial charge in [0, 0.05) is 31.6 Å². The Hall–Kier alpha value is -1.01. The lowest BCUT2D eigenvalue weighted by Crippen LogP contribution is -2.46. The van der Waals surface area contributed by atoms with Gasteiger partial charge in [0.15, 0.2) is 0 Å². The summed E-state index contributed by atoms with van der Waals surface area (Å²) >= 11 is 3.59. The quantitative estimate of drug-likeness (QED) is 0.611. The zero-order valence-electron chi connectivity index (χ0n) is 11.8. The highest BCUT2D eigenvalue weighted by Crippen LogP contribution is 2.48. The fraction of sp³-hybridized carbons (Fsp3) is 0.667. The molecule has 114 valence electrons. The number of aliphatic carboxylic acids is 1. The maximum absolute atomic E-state index is 11.8. The Morgan fingerprint density at radius 3 is 3.10 bits per heavy atom. The highest BCUT2D eigenvalue weighted by Gasteiger charge is 2.50. The zero-order valence-corrected chi connectivity index (χ0v) is 13.4. The average molecular weight is 354 g/mol. The van der Waals surface area contributed by atoms with Crippen LogP contribution in [0.15, 0.2) is 23.0 Å². The summed E-state index contributed by atoms with van der Waals surface area (Å²) in [5, 5.41) is 16.7. The predicted molar refractivity (Wildman–Crippen MR) is 83.0 cm³/mol. The van der Waals surface area contributed by atoms with E-state index >= 15 is 0 Å². The van der Waals surface area contributed by atoms with Crippen LogP contribution in [0.5, 0.6) is 0 Å². The van der Waals surface area contributed by atoms with Gasteiger partial charge in [0.2, 0.25) is 0 Å². The molecule has 0 aromatic carbocycles. The Labute approximate surface area is 132 Å². The van der Waals surface area contributed by atoms with Crippen LogP contribution in [0.3, 0.4) is 0 Å². The molecule has 0 bridgehead atoms. The highest BCUT2D eigenvalue weighted by atomic mass is 79.9. The first kappa shape index (κ1) is 13.6. The molecule has 2 saturated heterocycles. The van der Waals surface area contributed by atoms with Crippen LogP contribution in [0.4, 0.5) is 0 Å². The normalized spacial score (nSPS) is 38.1. The van der Waals surface area contributed by atoms with Gasteiger partial charge in [-0.25, -0.2) is 0 Å². The molecule has 0 spiro atoms. The van der Waals surface area contributed by atoms with Gasteiger partial charge < -0.3 is 20.6 Å². The highest BCUT2D eigenvalue weighted by molar-refractivity contribution is 9.09. The van der Waals surface area contributed by atoms with Gasteiger partial charge in [0.1, 0.15) is 0 Å². The summed E-state index contributed by atoms with van der Waals surface area (Å²) in [5.74, 6) is -0.829. The topological polar surface area (TPSA) is 64.6 Å². The number of carbonyl (C=O) groups is 1. The molecule has 0 saturated carbocycles. The average Bonchev–Trinajstić information content (AvgIpc) is 2.63. The number of rotatable bonds is 1. The second-order valence-electron chi connectivity index (χ2n) is 6.28. The molecule has 0 radical (unpaired) electrons. The Morgan fingerprint density at radius 1 is 1.43 bits per heavy atom. The van der Waals surface area contributed by atoms with Crippen LogP contribution in [0, 0.1) is 11.8 Å². The van der Waals surface area contributed by atoms with Crippen molar-refractivity contribution in [3.05, 3.63) is 23.0 Å². The maximum Gasteiger partial charge on any atom is 0.312 e. The molecule has 6 heteroatoms. The number of nitrogens with zero attached hydrogens (tertiary/aromatic N) is 1. The number of piperidine rings is 1. The van der Waals surface area contributed by atoms with E-state index in [9.17, 15) is 9.90 Å². The van der Waals surface area contributed by atoms with Crippen molar-refractivity contribution in [2.45, 2.75) is 23.7 Å². The van der Waals surface area contributed by atoms with Crippen molar-refractivity contribution < 1.29 is 9.90 Å². The van der Waals surface area contributed by atoms with Crippen molar-refractivity contribution in [2.24, 2.45) is 11.8 Å². The van der Waals surface area contributed by atoms with E-state index in [1.54, 1.807) is 0 Å². The van der Waals surface area contributed by atoms with Crippen molar-refractivity contribution >= 4 is 21.9 Å². The van der Waals surface area contributed by atoms with E-state index in [0.29, 0.717) is 12.0 Å². The molecule has 3 aliphatic heterocycles. The lowest BCUT2D eigenvalue weighted by molar-refractivity contribution is -0.140. The van der Waals surface area contributed by atoms with Crippen molar-refractivity contribution in [2.75, 3.05) is 26.2 Å². The summed E-state index contributed by atoms with van der Waals surface area (Å²) in [6.07, 6.45) is 4.26. The van der Waals surface area contributed by atoms with E-state index in [1.807, 2.05) is 0 Å². The summed E-state index contributed by atoms with van der Waals surface area (Å²) < 4.78 is 0. The predicted octanol–water partition coefficient (Wildman–Crippen LogP) is 0.889. The molecule has 4 rings (SSSR count). The molecule has 0 amide bonds. The van der Waals surface area contributed by atoms with Gasteiger partial charge in [0.25, 0.3) is 0 Å². The number of nitrogens with one attached hydrogen (secondary N) is 2. The van der Waals surface area contributed by atoms with Gasteiger partial charge >= 0.3 is 5.97 Å². The summed E-state index contributed by atoms with van der Waals surface area (Å²) in [6.45, 7) is 3.92. The fourth-order valence-corrected chi connectivity index (χ4v) is 5.17. The number of carboxylic acid groups (broad SMARTS) is 1. The van der Waals surface area contributed by atoms with Crippen LogP contribution in [-0.4, -0.2) is 53.0 Å². The number of halogens is 1. The van der Waals surface area contributed by atoms with Crippen LogP contribution >= 0.6 is 15.9 Å². The van der Waals surface area contributed by atoms with Gasteiger partial charge in [-0.3, -0.25) is 4.79 Å². The molecular weight excluding hydrogens is 334 g/mol. The molecule has 4 atom stereocenters. The standard InChI is InChI=1S/C15H20BrN3O2/c16-9-6-10-14-12(13(9)15(20)21)8-7-17-4-2-11(8)19(14)5-1-3-18-10/h6,8-9,11,13,17-18H,1-5,7H2,(H,20,21)/t8-,9?,11+,13?/m1/s1. The lowest BCUT2D eigenvalue weighted by atomic mass is 9.79. The molecule has 4 aliphatic rings. The van der Waals surface area contributed by atoms with Gasteiger partial charge in [-0.2, -0.15) is 0 Å². The Bertz CT molecular complexity index is 545. The molecule has 5 nitrogen and oxygen atoms in total. The summed E-state index contributed by atoms with van der Waals surface area (Å²) in [6, 6.07) is 0.471. The fourth-order valence-electron chi connectivity index (χ4n) is 4.40. The van der Waals surface area contributed by atoms with Crippen LogP contribution in [0.25, 0.3) is 0 Å². The Morgan fingerprint density at radius 2 is 2.29 bits per heavy atom. The Balaban J connectivity index is 1.86. The van der Waals surface area contributed by atoms with Gasteiger partial charge in [0.05, 0.1) is 22.1 Å². The van der Waals surface area contributed by atoms with E-state index in [1.165, 1.54) is 5.70 Å². The van der Waals surface area contributed by atoms with Crippen molar-refractivity contribution in [1.29, 1.82) is 0 Å². The molecular formula is C15H20BrN3O2. The van der Waals surface area contributed by atoms with Gasteiger partial charge in [-0.15, -0.1) is 0 Å². The summed E-state index contributed by atoms with van der Waals surface area (Å²) in [5.41, 5.74) is 3.46. The van der Waals surface area contributed by atoms with E-state index in [0.717, 1.165) is 50.3 Å². The first-order valence-corrected chi connectivity index (χ1v) is 8.64. The minimum atomic E-state index is -0.718. The largest absolute Gasteiger partial charge is 0.481 e. The second-order valence-corrected chi connectivity index (χ2v) is 7.34. The first-order chi connectivity index (χ1) is 10.2. The molecule has 0 aromatic rings. The minimum absolute atomic E-state index is 0.128. The molecule has 3 heterocycles. The minimum Gasteiger partial charge on any atom is -0.481 e. The van der Waals surface area contributed by atoms with Crippen LogP contribution in [0.2, 0.25) is 0 Å². The summed E-state index contributed by atoms with van der Waals surface area (Å²) in [4.78, 5) is 14.2. The SMILES string of the molecule is O=C(O)C1C2=C3C(=CC1Br)NCCCN3[C@H]1CCNC[C@@H]21. The smallest absolute Gasteiger partial charge is 0.312 e. The lowest BCUT2D eigenvalue weighted by Gasteiger charge is -2.35. The van der Waals surface area contributed by atoms with Gasteiger partial charge in [-0.1, -0.05) is 15.9 Å². The van der Waals surface area contributed by atoms with Crippen LogP contribution in [0.1, 0.15) is 12.8 Å². The van der Waals surface area contributed by atoms with E-state index in [2.05, 4.69) is 37.5 Å². The molecule has 1 aliphatic carbocycles. The third-order valence-corrected chi connectivity index (χ3v) is 5.99. The number of hydrogen-bond acceptors (Lipinski definition) is 4. The summed E-state index contributed by atoms with van der Waals surface area (Å²) in [7, 11) is 0. The number of allylic oxidation sites excluding steroid dienone is 1. The van der Waals surface area contributed by atoms with Gasteiger partial charge in [-0.05, 0) is 31.0 Å². The number of carboxylic acids is 1. The third kappa shape index (κ3) is 1.95. The molecule has 3 N–H and O–H groups in total. The van der Waals surface area contributed by atoms with Crippen molar-refractivity contribution in [3.63, 3.8) is 0 Å². The van der Waals surface area contributed by atoms with E-state index in [-0.39, 0.29) is 4.83 Å². The van der Waals surface area contributed by atoms with Crippen LogP contribution in [-0.2, 0) is 4.79 Å². The van der Waals surface area contributed by atoms with E-state index in [4.69, 9.17) is 0 Å². The molecule has 2 unspecified atom stereocenters. The molecule has 2 fully saturated rings. The van der Waals surface area contributed by atoms with Crippen LogP contribution < -0.4 is 10.6 Å². The first-order valence-electron chi connectivity index (χ1n) is 7.73. The van der Waals surface area contributed by atoms with E-state index < -0.39 is 11.9 Å². The second kappa shape index (κ2) is 5.02. The third-order valence-electron chi connectivity index (χ3n) is 5.20. The molecule has 0 aromatic heterocycles. The zero-order chi connectivity index (χ0) is 14.6. The number of hydrogen-bond donors (Lipinski definition) is 3. The Kier molecular flexibility index (Phi) is 3.26.